The van der Waals surface area contributed by atoms with Crippen LogP contribution in [-0.2, 0) is 22.5 Å². The summed E-state index contributed by atoms with van der Waals surface area (Å²) in [6, 6.07) is 6.33. The molecule has 1 aromatic carbocycles. The second kappa shape index (κ2) is 8.95. The summed E-state index contributed by atoms with van der Waals surface area (Å²) >= 11 is 0. The first-order valence-electron chi connectivity index (χ1n) is 6.53. The van der Waals surface area contributed by atoms with Crippen molar-refractivity contribution >= 4 is 0 Å². The highest BCUT2D eigenvalue weighted by Crippen LogP contribution is 2.19. The molecule has 0 unspecified atom stereocenters. The molecular weight excluding hydrogens is 228 g/mol. The van der Waals surface area contributed by atoms with Crippen LogP contribution in [-0.4, -0.2) is 27.4 Å². The zero-order chi connectivity index (χ0) is 13.2. The van der Waals surface area contributed by atoms with Gasteiger partial charge in [0.2, 0.25) is 0 Å². The van der Waals surface area contributed by atoms with Gasteiger partial charge in [0.1, 0.15) is 5.75 Å². The fourth-order valence-corrected chi connectivity index (χ4v) is 1.86. The van der Waals surface area contributed by atoms with Gasteiger partial charge in [-0.2, -0.15) is 0 Å². The van der Waals surface area contributed by atoms with Gasteiger partial charge in [-0.1, -0.05) is 19.4 Å². The summed E-state index contributed by atoms with van der Waals surface area (Å²) in [6.07, 6.45) is 3.15. The lowest BCUT2D eigenvalue weighted by Crippen LogP contribution is -2.00. The van der Waals surface area contributed by atoms with Crippen molar-refractivity contribution in [3.8, 4) is 5.75 Å². The highest BCUT2D eigenvalue weighted by atomic mass is 16.5. The number of hydrogen-bond donors (Lipinski definition) is 0. The molecule has 0 atom stereocenters. The molecule has 0 bridgehead atoms. The fraction of sp³-hybridized carbons (Fsp3) is 0.600. The van der Waals surface area contributed by atoms with E-state index in [1.165, 1.54) is 11.1 Å². The number of benzene rings is 1. The molecule has 0 aromatic heterocycles. The van der Waals surface area contributed by atoms with Crippen molar-refractivity contribution in [3.63, 3.8) is 0 Å². The first-order chi connectivity index (χ1) is 8.80. The molecule has 1 rings (SSSR count). The van der Waals surface area contributed by atoms with E-state index in [0.29, 0.717) is 6.61 Å². The van der Waals surface area contributed by atoms with Crippen molar-refractivity contribution in [1.29, 1.82) is 0 Å². The van der Waals surface area contributed by atoms with Crippen LogP contribution in [0.15, 0.2) is 18.2 Å². The normalized spacial score (nSPS) is 10.6. The van der Waals surface area contributed by atoms with Crippen LogP contribution in [0.3, 0.4) is 0 Å². The first kappa shape index (κ1) is 15.0. The zero-order valence-electron chi connectivity index (χ0n) is 11.7. The SMILES string of the molecule is CCCc1cc(COCCCOC)cc(OC)c1. The van der Waals surface area contributed by atoms with E-state index in [1.54, 1.807) is 14.2 Å². The van der Waals surface area contributed by atoms with E-state index in [9.17, 15) is 0 Å². The largest absolute Gasteiger partial charge is 0.497 e. The van der Waals surface area contributed by atoms with E-state index in [4.69, 9.17) is 14.2 Å². The van der Waals surface area contributed by atoms with Gasteiger partial charge in [-0.25, -0.2) is 0 Å². The predicted octanol–water partition coefficient (Wildman–Crippen LogP) is 3.20. The molecule has 18 heavy (non-hydrogen) atoms. The molecule has 3 heteroatoms. The molecule has 0 heterocycles. The molecule has 0 fully saturated rings. The predicted molar refractivity (Wildman–Crippen MR) is 73.1 cm³/mol. The van der Waals surface area contributed by atoms with E-state index in [1.807, 2.05) is 6.07 Å². The molecule has 0 radical (unpaired) electrons. The van der Waals surface area contributed by atoms with Crippen LogP contribution in [0.5, 0.6) is 5.75 Å². The molecule has 1 aromatic rings. The van der Waals surface area contributed by atoms with Crippen molar-refractivity contribution in [1.82, 2.24) is 0 Å². The lowest BCUT2D eigenvalue weighted by Gasteiger charge is -2.09. The molecule has 102 valence electrons. The van der Waals surface area contributed by atoms with Gasteiger partial charge in [-0.3, -0.25) is 0 Å². The standard InChI is InChI=1S/C15H24O3/c1-4-6-13-9-14(11-15(10-13)17-3)12-18-8-5-7-16-2/h9-11H,4-8,12H2,1-3H3. The van der Waals surface area contributed by atoms with Gasteiger partial charge < -0.3 is 14.2 Å². The third-order valence-corrected chi connectivity index (χ3v) is 2.71. The van der Waals surface area contributed by atoms with Gasteiger partial charge in [0.05, 0.1) is 13.7 Å². The Bertz CT molecular complexity index is 337. The first-order valence-corrected chi connectivity index (χ1v) is 6.53. The number of ether oxygens (including phenoxy) is 3. The zero-order valence-corrected chi connectivity index (χ0v) is 11.7. The van der Waals surface area contributed by atoms with E-state index < -0.39 is 0 Å². The Balaban J connectivity index is 2.50. The summed E-state index contributed by atoms with van der Waals surface area (Å²) in [7, 11) is 3.41. The van der Waals surface area contributed by atoms with Crippen molar-refractivity contribution in [2.75, 3.05) is 27.4 Å². The average Bonchev–Trinajstić information content (AvgIpc) is 2.38. The molecule has 0 saturated heterocycles. The Kier molecular flexibility index (Phi) is 7.46. The minimum atomic E-state index is 0.637. The molecule has 0 aliphatic rings. The third-order valence-electron chi connectivity index (χ3n) is 2.71. The monoisotopic (exact) mass is 252 g/mol. The van der Waals surface area contributed by atoms with E-state index >= 15 is 0 Å². The van der Waals surface area contributed by atoms with Gasteiger partial charge in [-0.15, -0.1) is 0 Å². The summed E-state index contributed by atoms with van der Waals surface area (Å²) in [5, 5.41) is 0. The molecule has 0 saturated carbocycles. The van der Waals surface area contributed by atoms with Crippen molar-refractivity contribution < 1.29 is 14.2 Å². The lowest BCUT2D eigenvalue weighted by molar-refractivity contribution is 0.0927. The molecular formula is C15H24O3. The maximum absolute atomic E-state index is 5.62. The maximum Gasteiger partial charge on any atom is 0.119 e. The minimum Gasteiger partial charge on any atom is -0.497 e. The second-order valence-electron chi connectivity index (χ2n) is 4.34. The summed E-state index contributed by atoms with van der Waals surface area (Å²) in [5.74, 6) is 0.913. The minimum absolute atomic E-state index is 0.637. The Labute approximate surface area is 110 Å². The van der Waals surface area contributed by atoms with E-state index in [-0.39, 0.29) is 0 Å². The third kappa shape index (κ3) is 5.52. The van der Waals surface area contributed by atoms with Gasteiger partial charge in [-0.05, 0) is 36.1 Å². The van der Waals surface area contributed by atoms with Gasteiger partial charge in [0.15, 0.2) is 0 Å². The molecule has 0 amide bonds. The Morgan fingerprint density at radius 1 is 1.00 bits per heavy atom. The average molecular weight is 252 g/mol. The Morgan fingerprint density at radius 2 is 1.78 bits per heavy atom. The number of hydrogen-bond acceptors (Lipinski definition) is 3. The fourth-order valence-electron chi connectivity index (χ4n) is 1.86. The van der Waals surface area contributed by atoms with Crippen LogP contribution < -0.4 is 4.74 Å². The molecule has 0 N–H and O–H groups in total. The summed E-state index contributed by atoms with van der Waals surface area (Å²) in [4.78, 5) is 0. The van der Waals surface area contributed by atoms with Crippen molar-refractivity contribution in [2.24, 2.45) is 0 Å². The van der Waals surface area contributed by atoms with E-state index in [2.05, 4.69) is 19.1 Å². The molecule has 0 spiro atoms. The van der Waals surface area contributed by atoms with Gasteiger partial charge in [0.25, 0.3) is 0 Å². The summed E-state index contributed by atoms with van der Waals surface area (Å²) < 4.78 is 15.9. The van der Waals surface area contributed by atoms with Crippen molar-refractivity contribution in [2.45, 2.75) is 32.8 Å². The number of rotatable bonds is 9. The second-order valence-corrected chi connectivity index (χ2v) is 4.34. The molecule has 0 aliphatic heterocycles. The highest BCUT2D eigenvalue weighted by molar-refractivity contribution is 5.34. The topological polar surface area (TPSA) is 27.7 Å². The van der Waals surface area contributed by atoms with Crippen LogP contribution in [0.4, 0.5) is 0 Å². The maximum atomic E-state index is 5.62. The lowest BCUT2D eigenvalue weighted by atomic mass is 10.1. The van der Waals surface area contributed by atoms with Crippen LogP contribution in [0.25, 0.3) is 0 Å². The Morgan fingerprint density at radius 3 is 2.44 bits per heavy atom. The summed E-state index contributed by atoms with van der Waals surface area (Å²) in [6.45, 7) is 4.30. The van der Waals surface area contributed by atoms with Crippen molar-refractivity contribution in [3.05, 3.63) is 29.3 Å². The van der Waals surface area contributed by atoms with Crippen LogP contribution in [0.2, 0.25) is 0 Å². The number of methoxy groups -OCH3 is 2. The highest BCUT2D eigenvalue weighted by Gasteiger charge is 2.01. The quantitative estimate of drug-likeness (QED) is 0.632. The summed E-state index contributed by atoms with van der Waals surface area (Å²) in [5.41, 5.74) is 2.49. The van der Waals surface area contributed by atoms with Crippen LogP contribution in [0, 0.1) is 0 Å². The molecule has 0 aliphatic carbocycles. The molecule has 3 nitrogen and oxygen atoms in total. The van der Waals surface area contributed by atoms with Gasteiger partial charge >= 0.3 is 0 Å². The van der Waals surface area contributed by atoms with E-state index in [0.717, 1.165) is 38.2 Å². The smallest absolute Gasteiger partial charge is 0.119 e. The van der Waals surface area contributed by atoms with Crippen LogP contribution in [0.1, 0.15) is 30.9 Å². The van der Waals surface area contributed by atoms with Gasteiger partial charge in [0, 0.05) is 20.3 Å². The number of aryl methyl sites for hydroxylation is 1. The van der Waals surface area contributed by atoms with Crippen LogP contribution >= 0.6 is 0 Å². The Hall–Kier alpha value is -1.06.